The van der Waals surface area contributed by atoms with E-state index in [2.05, 4.69) is 311 Å². The molecule has 0 atom stereocenters. The van der Waals surface area contributed by atoms with Crippen molar-refractivity contribution in [2.75, 3.05) is 0 Å². The predicted octanol–water partition coefficient (Wildman–Crippen LogP) is 24.5. The number of benzene rings is 15. The van der Waals surface area contributed by atoms with Gasteiger partial charge >= 0.3 is 0 Å². The first-order chi connectivity index (χ1) is 54.1. The Labute approximate surface area is 639 Å². The van der Waals surface area contributed by atoms with Gasteiger partial charge in [0.25, 0.3) is 0 Å². The highest BCUT2D eigenvalue weighted by Gasteiger charge is 2.47. The Morgan fingerprint density at radius 2 is 0.482 bits per heavy atom. The largest absolute Gasteiger partial charge is 0.208 e. The summed E-state index contributed by atoms with van der Waals surface area (Å²) in [6, 6.07) is 132. The zero-order valence-corrected chi connectivity index (χ0v) is 60.2. The van der Waals surface area contributed by atoms with Crippen molar-refractivity contribution >= 4 is 0 Å². The minimum absolute atomic E-state index is 0.151. The Kier molecular flexibility index (Phi) is 16.4. The summed E-state index contributed by atoms with van der Waals surface area (Å²) in [5, 5.41) is 19.7. The monoisotopic (exact) mass is 1400 g/mol. The third-order valence-corrected chi connectivity index (χ3v) is 22.0. The number of hydrogen-bond acceptors (Lipinski definition) is 8. The van der Waals surface area contributed by atoms with Crippen LogP contribution in [0.1, 0.15) is 58.4 Å². The molecule has 0 bridgehead atoms. The fourth-order valence-electron chi connectivity index (χ4n) is 16.5. The van der Waals surface area contributed by atoms with Crippen LogP contribution in [0.5, 0.6) is 0 Å². The third-order valence-electron chi connectivity index (χ3n) is 22.0. The molecule has 0 fully saturated rings. The van der Waals surface area contributed by atoms with Crippen molar-refractivity contribution in [3.05, 3.63) is 408 Å². The highest BCUT2D eigenvalue weighted by Crippen LogP contribution is 2.59. The van der Waals surface area contributed by atoms with Crippen LogP contribution in [0, 0.1) is 22.7 Å². The number of nitrogens with zero attached hydrogens (tertiary/aromatic N) is 8. The van der Waals surface area contributed by atoms with Crippen molar-refractivity contribution in [2.24, 2.45) is 0 Å². The first-order valence-corrected chi connectivity index (χ1v) is 37.0. The molecule has 0 radical (unpaired) electrons. The van der Waals surface area contributed by atoms with Crippen LogP contribution in [0.25, 0.3) is 157 Å². The van der Waals surface area contributed by atoms with Gasteiger partial charge in [0.15, 0.2) is 34.9 Å². The fraction of sp³-hybridized carbons (Fsp3) is 0.0392. The molecule has 2 aromatic heterocycles. The molecule has 19 rings (SSSR count). The first-order valence-electron chi connectivity index (χ1n) is 37.0. The SMILES string of the molecule is CC1(C)c2ccccc2-c2cc(-c3ccccc3)c(-c3ccc(-c4cccc(-c5nc(-c6ccc(C#N)cc6)nc(-c6cccc(-c7cccc(-c8nc(-c9ccc(C#N)cc9)nc(-c9ccc(-c%10cc%11c(cc%10-c%10ccccc%10)-c%10ccccc%10C%11(c%10ccccc%10)c%10ccccc%10)cc9)n8)c7)c6)n5)c4)cc3)cc21. The van der Waals surface area contributed by atoms with E-state index in [0.29, 0.717) is 46.1 Å². The minimum atomic E-state index is -0.587. The zero-order chi connectivity index (χ0) is 73.9. The van der Waals surface area contributed by atoms with E-state index in [9.17, 15) is 10.5 Å². The molecule has 0 N–H and O–H groups in total. The van der Waals surface area contributed by atoms with Gasteiger partial charge in [0.2, 0.25) is 0 Å². The molecule has 0 spiro atoms. The summed E-state index contributed by atoms with van der Waals surface area (Å²) in [6.45, 7) is 4.67. The van der Waals surface area contributed by atoms with E-state index in [-0.39, 0.29) is 5.41 Å². The molecule has 0 amide bonds. The van der Waals surface area contributed by atoms with Crippen LogP contribution in [-0.4, -0.2) is 29.9 Å². The third kappa shape index (κ3) is 11.6. The smallest absolute Gasteiger partial charge is 0.164 e. The molecule has 8 heteroatoms. The highest BCUT2D eigenvalue weighted by molar-refractivity contribution is 5.97. The number of rotatable bonds is 14. The summed E-state index contributed by atoms with van der Waals surface area (Å²) >= 11 is 0. The Bertz CT molecular complexity index is 6480. The van der Waals surface area contributed by atoms with Crippen molar-refractivity contribution in [1.82, 2.24) is 29.9 Å². The van der Waals surface area contributed by atoms with Gasteiger partial charge in [0, 0.05) is 38.8 Å². The van der Waals surface area contributed by atoms with E-state index in [1.807, 2.05) is 54.6 Å². The first kappa shape index (κ1) is 66.0. The molecule has 8 nitrogen and oxygen atoms in total. The molecule has 0 aliphatic heterocycles. The van der Waals surface area contributed by atoms with Crippen molar-refractivity contribution in [3.8, 4) is 169 Å². The van der Waals surface area contributed by atoms with Gasteiger partial charge in [-0.05, 0) is 213 Å². The molecule has 0 unspecified atom stereocenters. The summed E-state index contributed by atoms with van der Waals surface area (Å²) in [6.07, 6.45) is 0. The molecule has 110 heavy (non-hydrogen) atoms. The number of fused-ring (bicyclic) bond motifs is 6. The minimum Gasteiger partial charge on any atom is -0.208 e. The van der Waals surface area contributed by atoms with E-state index in [1.165, 1.54) is 72.3 Å². The van der Waals surface area contributed by atoms with Crippen LogP contribution in [-0.2, 0) is 10.8 Å². The normalized spacial score (nSPS) is 12.6. The summed E-state index contributed by atoms with van der Waals surface area (Å²) < 4.78 is 0. The molecule has 2 heterocycles. The van der Waals surface area contributed by atoms with E-state index >= 15 is 0 Å². The average molecular weight is 1400 g/mol. The summed E-state index contributed by atoms with van der Waals surface area (Å²) in [5.41, 5.74) is 30.7. The molecular formula is C102H66N8. The Morgan fingerprint density at radius 3 is 0.900 bits per heavy atom. The Morgan fingerprint density at radius 1 is 0.200 bits per heavy atom. The molecule has 2 aliphatic rings. The molecule has 2 aliphatic carbocycles. The van der Waals surface area contributed by atoms with Crippen LogP contribution in [0.2, 0.25) is 0 Å². The maximum absolute atomic E-state index is 9.86. The molecular weight excluding hydrogens is 1340 g/mol. The lowest BCUT2D eigenvalue weighted by Crippen LogP contribution is -2.28. The molecule has 0 saturated carbocycles. The number of nitriles is 2. The lowest BCUT2D eigenvalue weighted by molar-refractivity contribution is 0.660. The average Bonchev–Trinajstić information content (AvgIpc) is 1.53. The standard InChI is InChI=1S/C102H66N8/c1-101(2)91-38-17-15-36-83(91)89-59-85(68-22-7-3-8-23-68)87(61-93(89)101)70-50-48-67(49-51-70)75-26-19-29-78(56-75)99-107-96(73-46-42-66(64-104)43-47-73)108-100(110-99)80-31-21-28-77(58-80)76-27-20-30-79(57-76)98-106-95(72-44-40-65(63-103)41-45-72)105-97(109-98)74-54-52-71(53-55-74)88-62-94-90(60-86(88)69-24-9-4-10-25-69)84-37-16-18-39-92(84)102(94,81-32-11-5-12-33-81)82-34-13-6-14-35-82/h3-62H,1-2H3. The molecule has 0 saturated heterocycles. The number of hydrogen-bond donors (Lipinski definition) is 0. The van der Waals surface area contributed by atoms with Gasteiger partial charge in [-0.1, -0.05) is 287 Å². The van der Waals surface area contributed by atoms with Crippen LogP contribution < -0.4 is 0 Å². The maximum Gasteiger partial charge on any atom is 0.164 e. The van der Waals surface area contributed by atoms with Crippen molar-refractivity contribution in [3.63, 3.8) is 0 Å². The maximum atomic E-state index is 9.86. The van der Waals surface area contributed by atoms with E-state index in [0.717, 1.165) is 83.5 Å². The lowest BCUT2D eigenvalue weighted by atomic mass is 9.67. The molecule has 17 aromatic rings. The summed E-state index contributed by atoms with van der Waals surface area (Å²) in [7, 11) is 0. The topological polar surface area (TPSA) is 125 Å². The zero-order valence-electron chi connectivity index (χ0n) is 60.2. The van der Waals surface area contributed by atoms with E-state index in [1.54, 1.807) is 24.3 Å². The summed E-state index contributed by atoms with van der Waals surface area (Å²) in [5.74, 6) is 2.93. The second-order valence-electron chi connectivity index (χ2n) is 28.7. The van der Waals surface area contributed by atoms with Gasteiger partial charge in [-0.2, -0.15) is 10.5 Å². The van der Waals surface area contributed by atoms with E-state index in [4.69, 9.17) is 29.9 Å². The molecule has 514 valence electrons. The second kappa shape index (κ2) is 27.3. The van der Waals surface area contributed by atoms with Gasteiger partial charge in [-0.3, -0.25) is 0 Å². The van der Waals surface area contributed by atoms with Gasteiger partial charge in [0.05, 0.1) is 28.7 Å². The summed E-state index contributed by atoms with van der Waals surface area (Å²) in [4.78, 5) is 31.3. The van der Waals surface area contributed by atoms with Crippen LogP contribution in [0.3, 0.4) is 0 Å². The van der Waals surface area contributed by atoms with Crippen LogP contribution in [0.4, 0.5) is 0 Å². The van der Waals surface area contributed by atoms with Gasteiger partial charge in [-0.25, -0.2) is 29.9 Å². The fourth-order valence-corrected chi connectivity index (χ4v) is 16.5. The van der Waals surface area contributed by atoms with Gasteiger partial charge in [0.1, 0.15) is 0 Å². The van der Waals surface area contributed by atoms with Gasteiger partial charge in [-0.15, -0.1) is 0 Å². The lowest BCUT2D eigenvalue weighted by Gasteiger charge is -2.34. The quantitative estimate of drug-likeness (QED) is 0.105. The van der Waals surface area contributed by atoms with Crippen molar-refractivity contribution in [2.45, 2.75) is 24.7 Å². The van der Waals surface area contributed by atoms with Gasteiger partial charge < -0.3 is 0 Å². The Hall–Kier alpha value is -14.7. The van der Waals surface area contributed by atoms with Crippen LogP contribution in [0.15, 0.2) is 364 Å². The van der Waals surface area contributed by atoms with Crippen molar-refractivity contribution in [1.29, 1.82) is 10.5 Å². The Balaban J connectivity index is 0.670. The highest BCUT2D eigenvalue weighted by atomic mass is 15.0. The predicted molar refractivity (Wildman–Crippen MR) is 443 cm³/mol. The van der Waals surface area contributed by atoms with Crippen LogP contribution >= 0.6 is 0 Å². The second-order valence-corrected chi connectivity index (χ2v) is 28.7. The van der Waals surface area contributed by atoms with E-state index < -0.39 is 5.41 Å². The van der Waals surface area contributed by atoms with Crippen molar-refractivity contribution < 1.29 is 0 Å². The molecule has 15 aromatic carbocycles. The number of aromatic nitrogens is 6.